The Hall–Kier alpha value is -1.39. The van der Waals surface area contributed by atoms with Gasteiger partial charge in [0, 0.05) is 13.2 Å². The Labute approximate surface area is 81.7 Å². The fourth-order valence-electron chi connectivity index (χ4n) is 2.07. The smallest absolute Gasteiger partial charge is 0.316 e. The maximum absolute atomic E-state index is 11.2. The van der Waals surface area contributed by atoms with Crippen LogP contribution in [0.2, 0.25) is 0 Å². The van der Waals surface area contributed by atoms with E-state index in [-0.39, 0.29) is 5.41 Å². The SMILES string of the molecule is Cn1cc(C2(C(=O)O)CC2(C)C)nn1. The number of aryl methyl sites for hydroxylation is 1. The van der Waals surface area contributed by atoms with Crippen molar-refractivity contribution in [1.82, 2.24) is 15.0 Å². The first-order valence-electron chi connectivity index (χ1n) is 4.50. The number of carboxylic acids is 1. The molecule has 1 N–H and O–H groups in total. The van der Waals surface area contributed by atoms with Crippen LogP contribution in [0.3, 0.4) is 0 Å². The molecule has 1 aromatic rings. The first kappa shape index (κ1) is 9.18. The van der Waals surface area contributed by atoms with E-state index in [0.29, 0.717) is 12.1 Å². The van der Waals surface area contributed by atoms with E-state index in [4.69, 9.17) is 0 Å². The van der Waals surface area contributed by atoms with Gasteiger partial charge in [0.1, 0.15) is 11.1 Å². The Morgan fingerprint density at radius 1 is 1.64 bits per heavy atom. The summed E-state index contributed by atoms with van der Waals surface area (Å²) in [7, 11) is 1.74. The molecule has 0 saturated heterocycles. The fourth-order valence-corrected chi connectivity index (χ4v) is 2.07. The molecule has 1 atom stereocenters. The predicted molar refractivity (Wildman–Crippen MR) is 48.7 cm³/mol. The van der Waals surface area contributed by atoms with E-state index in [9.17, 15) is 9.90 Å². The first-order valence-corrected chi connectivity index (χ1v) is 4.50. The number of rotatable bonds is 2. The summed E-state index contributed by atoms with van der Waals surface area (Å²) in [6, 6.07) is 0. The van der Waals surface area contributed by atoms with Gasteiger partial charge in [-0.2, -0.15) is 0 Å². The zero-order valence-electron chi connectivity index (χ0n) is 8.48. The highest BCUT2D eigenvalue weighted by Gasteiger charge is 2.69. The Kier molecular flexibility index (Phi) is 1.54. The van der Waals surface area contributed by atoms with Gasteiger partial charge in [-0.05, 0) is 11.8 Å². The maximum Gasteiger partial charge on any atom is 0.316 e. The number of aliphatic carboxylic acids is 1. The minimum Gasteiger partial charge on any atom is -0.481 e. The number of carbonyl (C=O) groups is 1. The van der Waals surface area contributed by atoms with Crippen molar-refractivity contribution in [3.8, 4) is 0 Å². The summed E-state index contributed by atoms with van der Waals surface area (Å²) in [6.45, 7) is 3.88. The van der Waals surface area contributed by atoms with Gasteiger partial charge in [-0.15, -0.1) is 5.10 Å². The molecule has 2 rings (SSSR count). The molecule has 0 amide bonds. The Morgan fingerprint density at radius 2 is 2.21 bits per heavy atom. The molecule has 14 heavy (non-hydrogen) atoms. The van der Waals surface area contributed by atoms with Gasteiger partial charge in [0.05, 0.1) is 0 Å². The standard InChI is InChI=1S/C9H13N3O2/c1-8(2)5-9(8,7(13)14)6-4-12(3)11-10-6/h4H,5H2,1-3H3,(H,13,14). The molecule has 1 aliphatic carbocycles. The van der Waals surface area contributed by atoms with Crippen LogP contribution >= 0.6 is 0 Å². The molecule has 0 radical (unpaired) electrons. The number of aromatic nitrogens is 3. The summed E-state index contributed by atoms with van der Waals surface area (Å²) in [4.78, 5) is 11.2. The van der Waals surface area contributed by atoms with Crippen molar-refractivity contribution in [3.05, 3.63) is 11.9 Å². The Bertz CT molecular complexity index is 397. The second-order valence-electron chi connectivity index (χ2n) is 4.55. The number of nitrogens with zero attached hydrogens (tertiary/aromatic N) is 3. The van der Waals surface area contributed by atoms with Crippen molar-refractivity contribution in [2.24, 2.45) is 12.5 Å². The monoisotopic (exact) mass is 195 g/mol. The normalized spacial score (nSPS) is 28.8. The largest absolute Gasteiger partial charge is 0.481 e. The highest BCUT2D eigenvalue weighted by molar-refractivity contribution is 5.86. The van der Waals surface area contributed by atoms with E-state index in [0.717, 1.165) is 0 Å². The predicted octanol–water partition coefficient (Wildman–Crippen LogP) is 0.567. The molecule has 76 valence electrons. The molecular weight excluding hydrogens is 182 g/mol. The molecule has 0 spiro atoms. The second-order valence-corrected chi connectivity index (χ2v) is 4.55. The van der Waals surface area contributed by atoms with Crippen molar-refractivity contribution in [3.63, 3.8) is 0 Å². The van der Waals surface area contributed by atoms with Crippen LogP contribution in [0.25, 0.3) is 0 Å². The van der Waals surface area contributed by atoms with E-state index in [1.54, 1.807) is 13.2 Å². The zero-order chi connectivity index (χ0) is 10.6. The number of hydrogen-bond acceptors (Lipinski definition) is 3. The minimum absolute atomic E-state index is 0.213. The first-order chi connectivity index (χ1) is 6.40. The lowest BCUT2D eigenvalue weighted by Crippen LogP contribution is -2.26. The lowest BCUT2D eigenvalue weighted by molar-refractivity contribution is -0.141. The van der Waals surface area contributed by atoms with E-state index in [2.05, 4.69) is 10.3 Å². The van der Waals surface area contributed by atoms with Crippen LogP contribution in [0.15, 0.2) is 6.20 Å². The van der Waals surface area contributed by atoms with Gasteiger partial charge >= 0.3 is 5.97 Å². The zero-order valence-corrected chi connectivity index (χ0v) is 8.48. The van der Waals surface area contributed by atoms with Gasteiger partial charge in [0.2, 0.25) is 0 Å². The molecule has 0 aromatic carbocycles. The molecule has 1 unspecified atom stereocenters. The number of carboxylic acid groups (broad SMARTS) is 1. The Balaban J connectivity index is 2.46. The Morgan fingerprint density at radius 3 is 2.50 bits per heavy atom. The van der Waals surface area contributed by atoms with Crippen molar-refractivity contribution in [1.29, 1.82) is 0 Å². The van der Waals surface area contributed by atoms with Crippen molar-refractivity contribution in [2.45, 2.75) is 25.7 Å². The molecule has 5 nitrogen and oxygen atoms in total. The van der Waals surface area contributed by atoms with Gasteiger partial charge in [0.25, 0.3) is 0 Å². The van der Waals surface area contributed by atoms with Gasteiger partial charge in [-0.25, -0.2) is 0 Å². The highest BCUT2D eigenvalue weighted by atomic mass is 16.4. The van der Waals surface area contributed by atoms with Crippen LogP contribution in [0.5, 0.6) is 0 Å². The molecule has 5 heteroatoms. The lowest BCUT2D eigenvalue weighted by Gasteiger charge is -2.11. The summed E-state index contributed by atoms with van der Waals surface area (Å²) in [5.41, 5.74) is -0.464. The molecule has 1 aromatic heterocycles. The molecule has 0 aliphatic heterocycles. The second kappa shape index (κ2) is 2.34. The van der Waals surface area contributed by atoms with Crippen LogP contribution < -0.4 is 0 Å². The summed E-state index contributed by atoms with van der Waals surface area (Å²) < 4.78 is 1.54. The average molecular weight is 195 g/mol. The van der Waals surface area contributed by atoms with E-state index in [1.165, 1.54) is 4.68 Å². The average Bonchev–Trinajstić information content (AvgIpc) is 2.44. The van der Waals surface area contributed by atoms with E-state index < -0.39 is 11.4 Å². The molecule has 1 fully saturated rings. The maximum atomic E-state index is 11.2. The van der Waals surface area contributed by atoms with E-state index in [1.807, 2.05) is 13.8 Å². The summed E-state index contributed by atoms with van der Waals surface area (Å²) in [5.74, 6) is -0.803. The molecule has 0 bridgehead atoms. The lowest BCUT2D eigenvalue weighted by atomic mass is 9.93. The molecule has 1 saturated carbocycles. The fraction of sp³-hybridized carbons (Fsp3) is 0.667. The van der Waals surface area contributed by atoms with Crippen LogP contribution in [0.1, 0.15) is 26.0 Å². The van der Waals surface area contributed by atoms with Crippen molar-refractivity contribution < 1.29 is 9.90 Å². The van der Waals surface area contributed by atoms with Crippen LogP contribution in [0.4, 0.5) is 0 Å². The third-order valence-electron chi connectivity index (χ3n) is 3.14. The van der Waals surface area contributed by atoms with E-state index >= 15 is 0 Å². The molecule has 1 aliphatic rings. The van der Waals surface area contributed by atoms with Crippen LogP contribution in [-0.2, 0) is 17.3 Å². The quantitative estimate of drug-likeness (QED) is 0.749. The molecule has 1 heterocycles. The molecular formula is C9H13N3O2. The third-order valence-corrected chi connectivity index (χ3v) is 3.14. The van der Waals surface area contributed by atoms with Gasteiger partial charge < -0.3 is 5.11 Å². The van der Waals surface area contributed by atoms with Crippen molar-refractivity contribution >= 4 is 5.97 Å². The number of hydrogen-bond donors (Lipinski definition) is 1. The van der Waals surface area contributed by atoms with Crippen LogP contribution in [-0.4, -0.2) is 26.1 Å². The highest BCUT2D eigenvalue weighted by Crippen LogP contribution is 2.63. The summed E-state index contributed by atoms with van der Waals surface area (Å²) in [6.07, 6.45) is 2.32. The van der Waals surface area contributed by atoms with Crippen molar-refractivity contribution in [2.75, 3.05) is 0 Å². The van der Waals surface area contributed by atoms with Gasteiger partial charge in [-0.3, -0.25) is 9.48 Å². The van der Waals surface area contributed by atoms with Gasteiger partial charge in [0.15, 0.2) is 0 Å². The topological polar surface area (TPSA) is 68.0 Å². The third kappa shape index (κ3) is 0.921. The van der Waals surface area contributed by atoms with Crippen LogP contribution in [0, 0.1) is 5.41 Å². The minimum atomic E-state index is -0.818. The van der Waals surface area contributed by atoms with Gasteiger partial charge in [-0.1, -0.05) is 19.1 Å². The summed E-state index contributed by atoms with van der Waals surface area (Å²) in [5, 5.41) is 16.9. The summed E-state index contributed by atoms with van der Waals surface area (Å²) >= 11 is 0.